The van der Waals surface area contributed by atoms with Gasteiger partial charge in [0.2, 0.25) is 0 Å². The van der Waals surface area contributed by atoms with E-state index in [1.807, 2.05) is 30.3 Å². The Balaban J connectivity index is 1.70. The van der Waals surface area contributed by atoms with E-state index in [1.54, 1.807) is 0 Å². The predicted octanol–water partition coefficient (Wildman–Crippen LogP) is 8.35. The summed E-state index contributed by atoms with van der Waals surface area (Å²) in [5.74, 6) is 1.05. The van der Waals surface area contributed by atoms with E-state index in [1.165, 1.54) is 16.3 Å². The monoisotopic (exact) mass is 473 g/mol. The van der Waals surface area contributed by atoms with Gasteiger partial charge in [-0.3, -0.25) is 5.41 Å². The molecule has 1 atom stereocenters. The summed E-state index contributed by atoms with van der Waals surface area (Å²) in [5.41, 5.74) is 3.92. The summed E-state index contributed by atoms with van der Waals surface area (Å²) in [6.07, 6.45) is 6.38. The lowest BCUT2D eigenvalue weighted by atomic mass is 9.94. The van der Waals surface area contributed by atoms with E-state index in [9.17, 15) is 0 Å². The van der Waals surface area contributed by atoms with Crippen molar-refractivity contribution in [3.05, 3.63) is 120 Å². The van der Waals surface area contributed by atoms with E-state index in [-0.39, 0.29) is 11.4 Å². The molecule has 0 unspecified atom stereocenters. The van der Waals surface area contributed by atoms with Crippen molar-refractivity contribution in [2.24, 2.45) is 4.99 Å². The molecule has 0 heterocycles. The van der Waals surface area contributed by atoms with Gasteiger partial charge in [0, 0.05) is 18.2 Å². The number of rotatable bonds is 7. The first-order valence-electron chi connectivity index (χ1n) is 12.7. The normalized spacial score (nSPS) is 13.6. The topological polar surface area (TPSA) is 39.5 Å². The fourth-order valence-corrected chi connectivity index (χ4v) is 4.46. The van der Waals surface area contributed by atoms with Crippen LogP contribution < -0.4 is 0 Å². The minimum absolute atomic E-state index is 0.205. The second-order valence-corrected chi connectivity index (χ2v) is 9.33. The van der Waals surface area contributed by atoms with Crippen LogP contribution in [0.3, 0.4) is 0 Å². The van der Waals surface area contributed by atoms with E-state index < -0.39 is 0 Å². The van der Waals surface area contributed by atoms with Gasteiger partial charge in [-0.05, 0) is 41.7 Å². The molecule has 4 rings (SSSR count). The molecule has 0 aliphatic rings. The first-order valence-corrected chi connectivity index (χ1v) is 12.7. The lowest BCUT2D eigenvalue weighted by Gasteiger charge is -2.38. The maximum atomic E-state index is 8.88. The summed E-state index contributed by atoms with van der Waals surface area (Å²) in [6, 6.07) is 33.2. The van der Waals surface area contributed by atoms with Crippen molar-refractivity contribution < 1.29 is 0 Å². The molecular weight excluding hydrogens is 438 g/mol. The maximum absolute atomic E-state index is 8.88. The highest BCUT2D eigenvalue weighted by molar-refractivity contribution is 6.10. The molecule has 0 fully saturated rings. The van der Waals surface area contributed by atoms with Crippen LogP contribution in [0.4, 0.5) is 0 Å². The van der Waals surface area contributed by atoms with E-state index in [2.05, 4.69) is 112 Å². The number of fused-ring (bicyclic) bond motifs is 1. The van der Waals surface area contributed by atoms with Crippen molar-refractivity contribution in [3.8, 4) is 11.1 Å². The van der Waals surface area contributed by atoms with E-state index in [4.69, 9.17) is 10.4 Å². The van der Waals surface area contributed by atoms with Gasteiger partial charge >= 0.3 is 0 Å². The number of allylic oxidation sites excluding steroid dienone is 1. The van der Waals surface area contributed by atoms with Crippen LogP contribution in [0.15, 0.2) is 114 Å². The third-order valence-corrected chi connectivity index (χ3v) is 7.02. The van der Waals surface area contributed by atoms with E-state index >= 15 is 0 Å². The summed E-state index contributed by atoms with van der Waals surface area (Å²) >= 11 is 0. The molecule has 0 aliphatic carbocycles. The molecule has 0 amide bonds. The van der Waals surface area contributed by atoms with Crippen LogP contribution >= 0.6 is 0 Å². The molecule has 0 radical (unpaired) electrons. The Labute approximate surface area is 215 Å². The zero-order valence-corrected chi connectivity index (χ0v) is 21.7. The average molecular weight is 474 g/mol. The Morgan fingerprint density at radius 3 is 2.19 bits per heavy atom. The van der Waals surface area contributed by atoms with Crippen LogP contribution in [0.2, 0.25) is 0 Å². The highest BCUT2D eigenvalue weighted by Crippen LogP contribution is 2.29. The molecule has 3 heteroatoms. The van der Waals surface area contributed by atoms with Gasteiger partial charge in [0.15, 0.2) is 5.84 Å². The number of likely N-dealkylation sites (N-methyl/N-ethyl adjacent to an activating group) is 1. The molecule has 182 valence electrons. The zero-order chi connectivity index (χ0) is 25.5. The minimum atomic E-state index is -0.205. The van der Waals surface area contributed by atoms with Gasteiger partial charge in [-0.2, -0.15) is 0 Å². The fourth-order valence-electron chi connectivity index (χ4n) is 4.46. The van der Waals surface area contributed by atoms with Gasteiger partial charge in [-0.25, -0.2) is 4.99 Å². The molecule has 4 aromatic rings. The molecule has 0 aliphatic heterocycles. The summed E-state index contributed by atoms with van der Waals surface area (Å²) in [6.45, 7) is 6.56. The van der Waals surface area contributed by atoms with Gasteiger partial charge in [-0.1, -0.05) is 123 Å². The highest BCUT2D eigenvalue weighted by Gasteiger charge is 2.28. The van der Waals surface area contributed by atoms with Gasteiger partial charge in [-0.15, -0.1) is 0 Å². The van der Waals surface area contributed by atoms with E-state index in [0.29, 0.717) is 0 Å². The fraction of sp³-hybridized carbons (Fsp3) is 0.212. The molecule has 0 aromatic heterocycles. The minimum Gasteiger partial charge on any atom is -0.350 e. The average Bonchev–Trinajstić information content (AvgIpc) is 2.94. The quantitative estimate of drug-likeness (QED) is 0.163. The summed E-state index contributed by atoms with van der Waals surface area (Å²) in [7, 11) is 2.08. The number of nitrogens with zero attached hydrogens (tertiary/aromatic N) is 2. The van der Waals surface area contributed by atoms with Gasteiger partial charge < -0.3 is 4.90 Å². The number of nitrogens with one attached hydrogen (secondary N) is 1. The van der Waals surface area contributed by atoms with Crippen LogP contribution in [0.1, 0.15) is 44.7 Å². The van der Waals surface area contributed by atoms with Gasteiger partial charge in [0.1, 0.15) is 5.84 Å². The van der Waals surface area contributed by atoms with Crippen molar-refractivity contribution in [1.82, 2.24) is 4.90 Å². The zero-order valence-electron chi connectivity index (χ0n) is 21.7. The van der Waals surface area contributed by atoms with E-state index in [0.717, 1.165) is 35.4 Å². The van der Waals surface area contributed by atoms with Crippen LogP contribution in [-0.4, -0.2) is 29.2 Å². The Morgan fingerprint density at radius 1 is 0.833 bits per heavy atom. The molecule has 1 N–H and O–H groups in total. The van der Waals surface area contributed by atoms with Crippen molar-refractivity contribution in [2.45, 2.75) is 39.2 Å². The van der Waals surface area contributed by atoms with Gasteiger partial charge in [0.25, 0.3) is 0 Å². The standard InChI is InChI=1S/C33H35N3/c1-5-7-24-33(3,6-2)36(4)32(28-15-9-8-10-16-28)35-31(34)27-22-20-26(21-23-27)30-19-13-17-25-14-11-12-18-29(25)30/h7-24,34H,5-6H2,1-4H3/b24-7-,34-31?,35-32-/t33-/m0/s1. The molecule has 0 bridgehead atoms. The third-order valence-electron chi connectivity index (χ3n) is 7.02. The smallest absolute Gasteiger partial charge is 0.154 e. The Kier molecular flexibility index (Phi) is 7.80. The molecule has 4 aromatic carbocycles. The molecule has 0 saturated heterocycles. The van der Waals surface area contributed by atoms with Crippen LogP contribution in [0, 0.1) is 5.41 Å². The summed E-state index contributed by atoms with van der Waals surface area (Å²) in [4.78, 5) is 7.09. The van der Waals surface area contributed by atoms with Crippen molar-refractivity contribution in [2.75, 3.05) is 7.05 Å². The molecule has 36 heavy (non-hydrogen) atoms. The number of hydrogen-bond donors (Lipinski definition) is 1. The third kappa shape index (κ3) is 5.31. The van der Waals surface area contributed by atoms with Crippen LogP contribution in [0.25, 0.3) is 21.9 Å². The number of amidine groups is 2. The number of aliphatic imine (C=N–C) groups is 1. The number of hydrogen-bond acceptors (Lipinski definition) is 1. The second kappa shape index (κ2) is 11.2. The first-order chi connectivity index (χ1) is 17.5. The molecule has 0 spiro atoms. The van der Waals surface area contributed by atoms with Crippen LogP contribution in [0.5, 0.6) is 0 Å². The largest absolute Gasteiger partial charge is 0.350 e. The van der Waals surface area contributed by atoms with Gasteiger partial charge in [0.05, 0.1) is 5.54 Å². The Hall–Kier alpha value is -3.98. The first kappa shape index (κ1) is 25.1. The lowest BCUT2D eigenvalue weighted by Crippen LogP contribution is -2.46. The second-order valence-electron chi connectivity index (χ2n) is 9.33. The predicted molar refractivity (Wildman–Crippen MR) is 155 cm³/mol. The lowest BCUT2D eigenvalue weighted by molar-refractivity contribution is 0.285. The number of benzene rings is 4. The Bertz CT molecular complexity index is 1380. The SMILES string of the molecule is CC/C=C\[C@](C)(CC)N(C)/C(=N\C(=N)c1ccc(-c2cccc3ccccc23)cc1)c1ccccc1. The van der Waals surface area contributed by atoms with Crippen molar-refractivity contribution >= 4 is 22.4 Å². The van der Waals surface area contributed by atoms with Crippen molar-refractivity contribution in [3.63, 3.8) is 0 Å². The molecular formula is C33H35N3. The summed E-state index contributed by atoms with van der Waals surface area (Å²) < 4.78 is 0. The summed E-state index contributed by atoms with van der Waals surface area (Å²) in [5, 5.41) is 11.3. The van der Waals surface area contributed by atoms with Crippen molar-refractivity contribution in [1.29, 1.82) is 5.41 Å². The Morgan fingerprint density at radius 2 is 1.50 bits per heavy atom. The molecule has 3 nitrogen and oxygen atoms in total. The maximum Gasteiger partial charge on any atom is 0.154 e. The van der Waals surface area contributed by atoms with Crippen LogP contribution in [-0.2, 0) is 0 Å². The highest BCUT2D eigenvalue weighted by atomic mass is 15.2. The molecule has 0 saturated carbocycles.